The van der Waals surface area contributed by atoms with E-state index in [0.717, 1.165) is 45.1 Å². The van der Waals surface area contributed by atoms with E-state index in [1.54, 1.807) is 11.0 Å². The third kappa shape index (κ3) is 8.58. The number of carbonyl (C=O) groups excluding carboxylic acids is 4. The summed E-state index contributed by atoms with van der Waals surface area (Å²) in [6.45, 7) is 9.67. The van der Waals surface area contributed by atoms with Crippen LogP contribution in [-0.4, -0.2) is 88.5 Å². The smallest absolute Gasteiger partial charge is 0.276 e. The molecule has 12 nitrogen and oxygen atoms in total. The minimum atomic E-state index is -0.918. The number of hydrogen-bond acceptors (Lipinski definition) is 8. The minimum absolute atomic E-state index is 0.0309. The molecule has 4 amide bonds. The maximum atomic E-state index is 15.7. The van der Waals surface area contributed by atoms with Crippen LogP contribution in [-0.2, 0) is 20.8 Å². The number of benzene rings is 1. The van der Waals surface area contributed by atoms with E-state index >= 15 is 4.39 Å². The second kappa shape index (κ2) is 15.6. The first-order valence-electron chi connectivity index (χ1n) is 17.5. The summed E-state index contributed by atoms with van der Waals surface area (Å²) in [6.07, 6.45) is 6.15. The van der Waals surface area contributed by atoms with Crippen molar-refractivity contribution in [3.8, 4) is 0 Å². The van der Waals surface area contributed by atoms with E-state index in [1.165, 1.54) is 12.1 Å². The first-order chi connectivity index (χ1) is 22.9. The zero-order valence-corrected chi connectivity index (χ0v) is 28.8. The third-order valence-electron chi connectivity index (χ3n) is 10.5. The molecule has 3 fully saturated rings. The molecule has 0 spiro atoms. The van der Waals surface area contributed by atoms with Crippen LogP contribution in [0, 0.1) is 23.6 Å². The van der Waals surface area contributed by atoms with E-state index in [0.29, 0.717) is 49.0 Å². The molecule has 0 bridgehead atoms. The van der Waals surface area contributed by atoms with Crippen molar-refractivity contribution >= 4 is 29.3 Å². The van der Waals surface area contributed by atoms with Crippen LogP contribution in [0.3, 0.4) is 0 Å². The van der Waals surface area contributed by atoms with Crippen molar-refractivity contribution in [2.75, 3.05) is 32.0 Å². The second-order valence-corrected chi connectivity index (χ2v) is 14.2. The van der Waals surface area contributed by atoms with Crippen LogP contribution >= 0.6 is 0 Å². The van der Waals surface area contributed by atoms with Gasteiger partial charge in [0.2, 0.25) is 17.7 Å². The molecule has 1 saturated heterocycles. The SMILES string of the molecule is CCc1nonc1C(=O)N[C@H](C(=O)Nc1ccc([C@H](C)[C@@H](NC(=O)CC2CC2)C(=O)N2CCN(C)[C@@H](C)C2)cc1F)[C@H]1CC[C@H](C)CC1. The Hall–Kier alpha value is -3.87. The Bertz CT molecular complexity index is 1470. The molecule has 4 atom stereocenters. The van der Waals surface area contributed by atoms with Crippen molar-refractivity contribution in [1.82, 2.24) is 30.7 Å². The highest BCUT2D eigenvalue weighted by molar-refractivity contribution is 6.01. The number of anilines is 1. The van der Waals surface area contributed by atoms with E-state index in [2.05, 4.69) is 45.0 Å². The number of rotatable bonds is 12. The normalized spacial score (nSPS) is 23.5. The number of aryl methyl sites for hydroxylation is 1. The molecular weight excluding hydrogens is 617 g/mol. The molecule has 3 N–H and O–H groups in total. The molecule has 2 aliphatic carbocycles. The summed E-state index contributed by atoms with van der Waals surface area (Å²) in [5, 5.41) is 16.0. The van der Waals surface area contributed by atoms with Crippen LogP contribution < -0.4 is 16.0 Å². The monoisotopic (exact) mass is 667 g/mol. The predicted octanol–water partition coefficient (Wildman–Crippen LogP) is 3.89. The number of nitrogens with one attached hydrogen (secondary N) is 3. The van der Waals surface area contributed by atoms with Gasteiger partial charge < -0.3 is 25.8 Å². The molecule has 262 valence electrons. The summed E-state index contributed by atoms with van der Waals surface area (Å²) in [6, 6.07) is 2.85. The summed E-state index contributed by atoms with van der Waals surface area (Å²) in [5.41, 5.74) is 0.908. The molecule has 3 aliphatic rings. The van der Waals surface area contributed by atoms with Crippen molar-refractivity contribution in [2.24, 2.45) is 17.8 Å². The third-order valence-corrected chi connectivity index (χ3v) is 10.5. The van der Waals surface area contributed by atoms with Gasteiger partial charge in [-0.25, -0.2) is 9.02 Å². The Kier molecular flexibility index (Phi) is 11.5. The van der Waals surface area contributed by atoms with Crippen LogP contribution in [0.25, 0.3) is 0 Å². The zero-order valence-electron chi connectivity index (χ0n) is 28.8. The van der Waals surface area contributed by atoms with E-state index in [9.17, 15) is 19.2 Å². The Labute approximate surface area is 281 Å². The average Bonchev–Trinajstić information content (AvgIpc) is 3.75. The minimum Gasteiger partial charge on any atom is -0.344 e. The first-order valence-corrected chi connectivity index (χ1v) is 17.5. The number of nitrogens with zero attached hydrogens (tertiary/aromatic N) is 4. The van der Waals surface area contributed by atoms with Crippen LogP contribution in [0.15, 0.2) is 22.8 Å². The number of aromatic nitrogens is 2. The molecule has 1 aliphatic heterocycles. The molecule has 2 aromatic rings. The highest BCUT2D eigenvalue weighted by atomic mass is 19.1. The molecule has 2 saturated carbocycles. The summed E-state index contributed by atoms with van der Waals surface area (Å²) >= 11 is 0. The van der Waals surface area contributed by atoms with Gasteiger partial charge in [-0.15, -0.1) is 0 Å². The average molecular weight is 668 g/mol. The fourth-order valence-corrected chi connectivity index (χ4v) is 6.82. The lowest BCUT2D eigenvalue weighted by Gasteiger charge is -2.40. The van der Waals surface area contributed by atoms with Gasteiger partial charge in [0, 0.05) is 38.0 Å². The first kappa shape index (κ1) is 35.4. The molecule has 1 aromatic heterocycles. The fraction of sp³-hybridized carbons (Fsp3) is 0.657. The molecule has 13 heteroatoms. The maximum Gasteiger partial charge on any atom is 0.276 e. The Morgan fingerprint density at radius 3 is 2.40 bits per heavy atom. The van der Waals surface area contributed by atoms with E-state index < -0.39 is 35.6 Å². The lowest BCUT2D eigenvalue weighted by molar-refractivity contribution is -0.139. The van der Waals surface area contributed by atoms with Crippen molar-refractivity contribution in [3.63, 3.8) is 0 Å². The fourth-order valence-electron chi connectivity index (χ4n) is 6.82. The molecule has 0 radical (unpaired) electrons. The number of carbonyl (C=O) groups is 4. The number of halogens is 1. The van der Waals surface area contributed by atoms with Crippen LogP contribution in [0.5, 0.6) is 0 Å². The van der Waals surface area contributed by atoms with E-state index in [4.69, 9.17) is 4.63 Å². The lowest BCUT2D eigenvalue weighted by Crippen LogP contribution is -2.58. The largest absolute Gasteiger partial charge is 0.344 e. The molecule has 0 unspecified atom stereocenters. The van der Waals surface area contributed by atoms with Crippen LogP contribution in [0.2, 0.25) is 0 Å². The molecule has 48 heavy (non-hydrogen) atoms. The summed E-state index contributed by atoms with van der Waals surface area (Å²) in [5.74, 6) is -1.92. The number of hydrogen-bond donors (Lipinski definition) is 3. The van der Waals surface area contributed by atoms with Gasteiger partial charge >= 0.3 is 0 Å². The Morgan fingerprint density at radius 1 is 1.02 bits per heavy atom. The van der Waals surface area contributed by atoms with E-state index in [-0.39, 0.29) is 35.2 Å². The van der Waals surface area contributed by atoms with Gasteiger partial charge in [-0.2, -0.15) is 0 Å². The van der Waals surface area contributed by atoms with Crippen LogP contribution in [0.1, 0.15) is 100 Å². The zero-order chi connectivity index (χ0) is 34.5. The van der Waals surface area contributed by atoms with E-state index in [1.807, 2.05) is 20.9 Å². The summed E-state index contributed by atoms with van der Waals surface area (Å²) in [7, 11) is 2.02. The number of likely N-dealkylation sites (N-methyl/N-ethyl adjacent to an activating group) is 1. The molecule has 1 aromatic carbocycles. The predicted molar refractivity (Wildman–Crippen MR) is 177 cm³/mol. The quantitative estimate of drug-likeness (QED) is 0.309. The van der Waals surface area contributed by atoms with Gasteiger partial charge in [0.1, 0.15) is 23.6 Å². The van der Waals surface area contributed by atoms with Crippen LogP contribution in [0.4, 0.5) is 10.1 Å². The molecule has 2 heterocycles. The van der Waals surface area contributed by atoms with Crippen molar-refractivity contribution < 1.29 is 28.2 Å². The number of amides is 4. The van der Waals surface area contributed by atoms with Crippen molar-refractivity contribution in [2.45, 2.75) is 103 Å². The van der Waals surface area contributed by atoms with Gasteiger partial charge in [-0.05, 0) is 86.7 Å². The summed E-state index contributed by atoms with van der Waals surface area (Å²) in [4.78, 5) is 57.6. The lowest BCUT2D eigenvalue weighted by atomic mass is 9.79. The Morgan fingerprint density at radius 2 is 1.75 bits per heavy atom. The summed E-state index contributed by atoms with van der Waals surface area (Å²) < 4.78 is 20.5. The highest BCUT2D eigenvalue weighted by Crippen LogP contribution is 2.33. The topological polar surface area (TPSA) is 150 Å². The standard InChI is InChI=1S/C35H50FN7O5/c1-6-27-32(41-48-40-27)34(46)39-31(24-11-7-20(2)8-12-24)33(45)37-28-14-13-25(18-26(28)36)22(4)30(38-29(44)17-23-9-10-23)35(47)43-16-15-42(5)21(3)19-43/h13-14,18,20-24,30-31H,6-12,15-17,19H2,1-5H3,(H,37,45)(H,38,44)(H,39,46)/t20-,21-,22-,24-,30+,31-/m0/s1. The van der Waals surface area contributed by atoms with Gasteiger partial charge in [0.05, 0.1) is 5.69 Å². The Balaban J connectivity index is 1.32. The van der Waals surface area contributed by atoms with Gasteiger partial charge in [0.25, 0.3) is 5.91 Å². The van der Waals surface area contributed by atoms with Gasteiger partial charge in [-0.3, -0.25) is 19.2 Å². The van der Waals surface area contributed by atoms with Crippen molar-refractivity contribution in [1.29, 1.82) is 0 Å². The second-order valence-electron chi connectivity index (χ2n) is 14.2. The molecular formula is C35H50FN7O5. The maximum absolute atomic E-state index is 15.7. The van der Waals surface area contributed by atoms with Gasteiger partial charge in [0.15, 0.2) is 5.69 Å². The molecule has 5 rings (SSSR count). The van der Waals surface area contributed by atoms with Crippen molar-refractivity contribution in [3.05, 3.63) is 41.0 Å². The van der Waals surface area contributed by atoms with Gasteiger partial charge in [-0.1, -0.05) is 44.8 Å². The number of piperazine rings is 1. The highest BCUT2D eigenvalue weighted by Gasteiger charge is 2.37.